The molecule has 9 nitrogen and oxygen atoms in total. The quantitative estimate of drug-likeness (QED) is 0.247. The summed E-state index contributed by atoms with van der Waals surface area (Å²) in [4.78, 5) is 34.7. The third-order valence-corrected chi connectivity index (χ3v) is 4.13. The zero-order valence-corrected chi connectivity index (χ0v) is 18.8. The van der Waals surface area contributed by atoms with Crippen molar-refractivity contribution in [1.82, 2.24) is 5.32 Å². The van der Waals surface area contributed by atoms with Crippen molar-refractivity contribution in [3.05, 3.63) is 69.5 Å². The molecule has 0 unspecified atom stereocenters. The van der Waals surface area contributed by atoms with Crippen molar-refractivity contribution in [1.29, 1.82) is 0 Å². The van der Waals surface area contributed by atoms with Gasteiger partial charge in [-0.1, -0.05) is 12.1 Å². The highest BCUT2D eigenvalue weighted by molar-refractivity contribution is 5.97. The van der Waals surface area contributed by atoms with Gasteiger partial charge in [0.05, 0.1) is 31.6 Å². The van der Waals surface area contributed by atoms with Gasteiger partial charge in [0.25, 0.3) is 11.6 Å². The van der Waals surface area contributed by atoms with Gasteiger partial charge in [0, 0.05) is 24.7 Å². The molecule has 2 aromatic rings. The number of nitrogens with one attached hydrogen (secondary N) is 1. The number of quaternary nitrogens is 1. The van der Waals surface area contributed by atoms with Crippen LogP contribution in [0.2, 0.25) is 0 Å². The van der Waals surface area contributed by atoms with Crippen LogP contribution in [0.4, 0.5) is 10.1 Å². The summed E-state index contributed by atoms with van der Waals surface area (Å²) in [5.41, 5.74) is 0.445. The molecule has 11 heteroatoms. The molecule has 0 atom stereocenters. The van der Waals surface area contributed by atoms with Gasteiger partial charge < -0.3 is 19.3 Å². The van der Waals surface area contributed by atoms with Crippen molar-refractivity contribution in [2.24, 2.45) is 0 Å². The first kappa shape index (κ1) is 26.8. The topological polar surface area (TPSA) is 108 Å². The fourth-order valence-electron chi connectivity index (χ4n) is 2.47. The number of non-ortho nitro benzene ring substituents is 1. The molecule has 0 saturated heterocycles. The molecule has 0 radical (unpaired) electrons. The zero-order chi connectivity index (χ0) is 23.0. The second kappa shape index (κ2) is 12.0. The molecule has 1 N–H and O–H groups in total. The SMILES string of the molecule is C[N+](C)(C)CCOC(=O)COc1cc(F)ccc1C(=O)NCc1cccc([N+](=O)[O-])c1.Cl. The summed E-state index contributed by atoms with van der Waals surface area (Å²) < 4.78 is 24.7. The van der Waals surface area contributed by atoms with E-state index in [-0.39, 0.29) is 42.6 Å². The summed E-state index contributed by atoms with van der Waals surface area (Å²) in [5, 5.41) is 13.5. The van der Waals surface area contributed by atoms with Crippen molar-refractivity contribution >= 4 is 30.0 Å². The third-order valence-electron chi connectivity index (χ3n) is 4.13. The molecule has 2 aromatic carbocycles. The highest BCUT2D eigenvalue weighted by atomic mass is 35.5. The minimum absolute atomic E-state index is 0. The molecule has 1 amide bonds. The Hall–Kier alpha value is -3.24. The lowest BCUT2D eigenvalue weighted by atomic mass is 10.1. The van der Waals surface area contributed by atoms with Gasteiger partial charge in [-0.15, -0.1) is 12.4 Å². The van der Waals surface area contributed by atoms with Crippen LogP contribution in [0.5, 0.6) is 5.75 Å². The van der Waals surface area contributed by atoms with Gasteiger partial charge in [0.15, 0.2) is 6.61 Å². The Labute approximate surface area is 191 Å². The highest BCUT2D eigenvalue weighted by Gasteiger charge is 2.16. The van der Waals surface area contributed by atoms with Gasteiger partial charge in [0.2, 0.25) is 0 Å². The molecule has 0 saturated carbocycles. The number of amides is 1. The van der Waals surface area contributed by atoms with E-state index in [2.05, 4.69) is 5.32 Å². The van der Waals surface area contributed by atoms with E-state index >= 15 is 0 Å². The Bertz CT molecular complexity index is 965. The van der Waals surface area contributed by atoms with E-state index in [0.717, 1.165) is 12.1 Å². The molecule has 0 bridgehead atoms. The Morgan fingerprint density at radius 1 is 1.16 bits per heavy atom. The minimum Gasteiger partial charge on any atom is -0.481 e. The summed E-state index contributed by atoms with van der Waals surface area (Å²) in [6, 6.07) is 9.15. The first-order valence-electron chi connectivity index (χ1n) is 9.45. The zero-order valence-electron chi connectivity index (χ0n) is 18.0. The molecule has 32 heavy (non-hydrogen) atoms. The Morgan fingerprint density at radius 2 is 1.88 bits per heavy atom. The Morgan fingerprint density at radius 3 is 2.53 bits per heavy atom. The van der Waals surface area contributed by atoms with E-state index < -0.39 is 29.2 Å². The summed E-state index contributed by atoms with van der Waals surface area (Å²) >= 11 is 0. The van der Waals surface area contributed by atoms with Gasteiger partial charge in [-0.25, -0.2) is 9.18 Å². The molecule has 0 aliphatic carbocycles. The molecule has 0 heterocycles. The van der Waals surface area contributed by atoms with Crippen molar-refractivity contribution in [2.75, 3.05) is 40.9 Å². The average Bonchev–Trinajstić information content (AvgIpc) is 2.69. The number of nitrogens with zero attached hydrogens (tertiary/aromatic N) is 2. The number of esters is 1. The maximum atomic E-state index is 13.6. The largest absolute Gasteiger partial charge is 0.481 e. The van der Waals surface area contributed by atoms with Crippen LogP contribution in [0.15, 0.2) is 42.5 Å². The Balaban J connectivity index is 0.00000512. The molecule has 2 rings (SSSR count). The maximum absolute atomic E-state index is 13.6. The summed E-state index contributed by atoms with van der Waals surface area (Å²) in [6.45, 7) is 0.346. The molecule has 174 valence electrons. The molecule has 0 aliphatic rings. The smallest absolute Gasteiger partial charge is 0.344 e. The number of carbonyl (C=O) groups is 2. The number of hydrogen-bond donors (Lipinski definition) is 1. The molecule has 0 aliphatic heterocycles. The lowest BCUT2D eigenvalue weighted by Crippen LogP contribution is -2.38. The molecular formula is C21H26ClFN3O6+. The van der Waals surface area contributed by atoms with E-state index in [1.807, 2.05) is 21.1 Å². The van der Waals surface area contributed by atoms with E-state index in [1.54, 1.807) is 6.07 Å². The summed E-state index contributed by atoms with van der Waals surface area (Å²) in [6.07, 6.45) is 0. The highest BCUT2D eigenvalue weighted by Crippen LogP contribution is 2.20. The average molecular weight is 471 g/mol. The fourth-order valence-corrected chi connectivity index (χ4v) is 2.47. The maximum Gasteiger partial charge on any atom is 0.344 e. The van der Waals surface area contributed by atoms with Crippen LogP contribution in [-0.4, -0.2) is 62.2 Å². The number of halogens is 2. The Kier molecular flexibility index (Phi) is 10.0. The van der Waals surface area contributed by atoms with Gasteiger partial charge in [-0.3, -0.25) is 14.9 Å². The van der Waals surface area contributed by atoms with Crippen LogP contribution in [0.3, 0.4) is 0 Å². The van der Waals surface area contributed by atoms with E-state index in [1.165, 1.54) is 24.3 Å². The first-order valence-corrected chi connectivity index (χ1v) is 9.45. The standard InChI is InChI=1S/C21H24FN3O6.ClH/c1-25(2,3)9-10-30-20(26)14-31-19-12-16(22)7-8-18(19)21(27)23-13-15-5-4-6-17(11-15)24(28)29;/h4-8,11-12H,9-10,13-14H2,1-3H3;1H/p+1. The number of nitro benzene ring substituents is 1. The molecule has 0 spiro atoms. The normalized spacial score (nSPS) is 10.6. The van der Waals surface area contributed by atoms with E-state index in [9.17, 15) is 24.1 Å². The second-order valence-electron chi connectivity index (χ2n) is 7.77. The molecular weight excluding hydrogens is 445 g/mol. The number of hydrogen-bond acceptors (Lipinski definition) is 6. The lowest BCUT2D eigenvalue weighted by Gasteiger charge is -2.23. The summed E-state index contributed by atoms with van der Waals surface area (Å²) in [5.74, 6) is -1.97. The van der Waals surface area contributed by atoms with Crippen LogP contribution >= 0.6 is 12.4 Å². The number of benzene rings is 2. The number of carbonyl (C=O) groups excluding carboxylic acids is 2. The number of rotatable bonds is 10. The van der Waals surface area contributed by atoms with E-state index in [4.69, 9.17) is 9.47 Å². The number of likely N-dealkylation sites (N-methyl/N-ethyl adjacent to an activating group) is 1. The molecule has 0 fully saturated rings. The first-order chi connectivity index (χ1) is 14.5. The predicted molar refractivity (Wildman–Crippen MR) is 117 cm³/mol. The van der Waals surface area contributed by atoms with Crippen molar-refractivity contribution < 1.29 is 32.9 Å². The van der Waals surface area contributed by atoms with Gasteiger partial charge in [0.1, 0.15) is 24.7 Å². The number of ether oxygens (including phenoxy) is 2. The minimum atomic E-state index is -0.638. The van der Waals surface area contributed by atoms with Crippen molar-refractivity contribution in [3.63, 3.8) is 0 Å². The van der Waals surface area contributed by atoms with Crippen molar-refractivity contribution in [2.45, 2.75) is 6.54 Å². The monoisotopic (exact) mass is 470 g/mol. The van der Waals surface area contributed by atoms with Crippen LogP contribution in [0, 0.1) is 15.9 Å². The fraction of sp³-hybridized carbons (Fsp3) is 0.333. The van der Waals surface area contributed by atoms with Crippen LogP contribution < -0.4 is 10.1 Å². The van der Waals surface area contributed by atoms with Crippen molar-refractivity contribution in [3.8, 4) is 5.75 Å². The summed E-state index contributed by atoms with van der Waals surface area (Å²) in [7, 11) is 5.86. The molecule has 0 aromatic heterocycles. The van der Waals surface area contributed by atoms with Crippen LogP contribution in [0.25, 0.3) is 0 Å². The lowest BCUT2D eigenvalue weighted by molar-refractivity contribution is -0.870. The van der Waals surface area contributed by atoms with E-state index in [0.29, 0.717) is 16.6 Å². The van der Waals surface area contributed by atoms with Gasteiger partial charge >= 0.3 is 5.97 Å². The second-order valence-corrected chi connectivity index (χ2v) is 7.77. The van der Waals surface area contributed by atoms with Crippen LogP contribution in [-0.2, 0) is 16.1 Å². The number of nitro groups is 1. The van der Waals surface area contributed by atoms with Gasteiger partial charge in [-0.05, 0) is 17.7 Å². The third kappa shape index (κ3) is 8.86. The predicted octanol–water partition coefficient (Wildman–Crippen LogP) is 2.71. The van der Waals surface area contributed by atoms with Gasteiger partial charge in [-0.2, -0.15) is 0 Å². The van der Waals surface area contributed by atoms with Crippen LogP contribution in [0.1, 0.15) is 15.9 Å².